The van der Waals surface area contributed by atoms with Crippen molar-refractivity contribution < 1.29 is 4.79 Å². The number of nitrogens with zero attached hydrogens (tertiary/aromatic N) is 3. The van der Waals surface area contributed by atoms with Gasteiger partial charge in [0.15, 0.2) is 0 Å². The Kier molecular flexibility index (Phi) is 3.90. The van der Waals surface area contributed by atoms with Gasteiger partial charge in [-0.1, -0.05) is 59.9 Å². The highest BCUT2D eigenvalue weighted by Gasteiger charge is 2.24. The summed E-state index contributed by atoms with van der Waals surface area (Å²) in [6, 6.07) is 17.7. The molecule has 0 saturated carbocycles. The summed E-state index contributed by atoms with van der Waals surface area (Å²) in [5, 5.41) is 13.5. The second-order valence-electron chi connectivity index (χ2n) is 6.52. The van der Waals surface area contributed by atoms with Crippen LogP contribution in [0.5, 0.6) is 0 Å². The summed E-state index contributed by atoms with van der Waals surface area (Å²) < 4.78 is 0. The molecule has 1 amide bonds. The molecule has 27 heavy (non-hydrogen) atoms. The van der Waals surface area contributed by atoms with Crippen molar-refractivity contribution in [2.75, 3.05) is 5.32 Å². The standard InChI is InChI=1S/C21H16N4OS/c26-19(23-21-25-24-20(27-21)13-7-2-1-3-8-13)18-14-9-4-5-11-16(14)22-17-12-6-10-15(17)18/h1-5,7-9,11H,6,10,12H2,(H,23,25,26). The molecule has 2 aromatic heterocycles. The van der Waals surface area contributed by atoms with E-state index in [1.807, 2.05) is 54.6 Å². The first kappa shape index (κ1) is 16.1. The maximum atomic E-state index is 13.1. The molecule has 5 nitrogen and oxygen atoms in total. The van der Waals surface area contributed by atoms with Gasteiger partial charge in [0, 0.05) is 16.6 Å². The lowest BCUT2D eigenvalue weighted by Crippen LogP contribution is -2.15. The third-order valence-corrected chi connectivity index (χ3v) is 5.70. The van der Waals surface area contributed by atoms with Crippen molar-refractivity contribution in [2.24, 2.45) is 0 Å². The molecule has 1 aliphatic carbocycles. The molecular formula is C21H16N4OS. The molecular weight excluding hydrogens is 356 g/mol. The van der Waals surface area contributed by atoms with Gasteiger partial charge < -0.3 is 0 Å². The second kappa shape index (κ2) is 6.55. The van der Waals surface area contributed by atoms with E-state index in [4.69, 9.17) is 4.98 Å². The van der Waals surface area contributed by atoms with Crippen LogP contribution in [0.4, 0.5) is 5.13 Å². The maximum Gasteiger partial charge on any atom is 0.258 e. The number of aromatic nitrogens is 3. The van der Waals surface area contributed by atoms with Crippen molar-refractivity contribution in [1.82, 2.24) is 15.2 Å². The van der Waals surface area contributed by atoms with Crippen LogP contribution in [0, 0.1) is 0 Å². The number of hydrogen-bond acceptors (Lipinski definition) is 5. The van der Waals surface area contributed by atoms with Gasteiger partial charge in [0.2, 0.25) is 5.13 Å². The average Bonchev–Trinajstić information content (AvgIpc) is 3.36. The Morgan fingerprint density at radius 3 is 2.67 bits per heavy atom. The van der Waals surface area contributed by atoms with Gasteiger partial charge in [-0.05, 0) is 30.9 Å². The lowest BCUT2D eigenvalue weighted by Gasteiger charge is -2.11. The first-order chi connectivity index (χ1) is 13.3. The van der Waals surface area contributed by atoms with E-state index in [2.05, 4.69) is 15.5 Å². The smallest absolute Gasteiger partial charge is 0.258 e. The normalized spacial score (nSPS) is 12.9. The number of para-hydroxylation sites is 1. The lowest BCUT2D eigenvalue weighted by molar-refractivity contribution is 0.102. The predicted octanol–water partition coefficient (Wildman–Crippen LogP) is 4.49. The number of benzene rings is 2. The van der Waals surface area contributed by atoms with Crippen LogP contribution in [0.3, 0.4) is 0 Å². The summed E-state index contributed by atoms with van der Waals surface area (Å²) in [6.45, 7) is 0. The first-order valence-electron chi connectivity index (χ1n) is 8.90. The quantitative estimate of drug-likeness (QED) is 0.575. The number of hydrogen-bond donors (Lipinski definition) is 1. The van der Waals surface area contributed by atoms with Crippen molar-refractivity contribution >= 4 is 33.3 Å². The third-order valence-electron chi connectivity index (χ3n) is 4.81. The molecule has 0 bridgehead atoms. The average molecular weight is 372 g/mol. The fourth-order valence-corrected chi connectivity index (χ4v) is 4.35. The Labute approximate surface area is 160 Å². The van der Waals surface area contributed by atoms with Gasteiger partial charge in [-0.15, -0.1) is 10.2 Å². The fraction of sp³-hybridized carbons (Fsp3) is 0.143. The summed E-state index contributed by atoms with van der Waals surface area (Å²) in [5.74, 6) is -0.137. The molecule has 0 aliphatic heterocycles. The first-order valence-corrected chi connectivity index (χ1v) is 9.72. The van der Waals surface area contributed by atoms with E-state index < -0.39 is 0 Å². The van der Waals surface area contributed by atoms with Crippen LogP contribution in [-0.4, -0.2) is 21.1 Å². The Bertz CT molecular complexity index is 1150. The Balaban J connectivity index is 1.51. The number of fused-ring (bicyclic) bond motifs is 2. The number of anilines is 1. The zero-order valence-corrected chi connectivity index (χ0v) is 15.3. The maximum absolute atomic E-state index is 13.1. The van der Waals surface area contributed by atoms with E-state index in [9.17, 15) is 4.79 Å². The number of nitrogens with one attached hydrogen (secondary N) is 1. The predicted molar refractivity (Wildman–Crippen MR) is 107 cm³/mol. The number of carbonyl (C=O) groups is 1. The highest BCUT2D eigenvalue weighted by Crippen LogP contribution is 2.31. The summed E-state index contributed by atoms with van der Waals surface area (Å²) in [7, 11) is 0. The van der Waals surface area contributed by atoms with Gasteiger partial charge in [-0.3, -0.25) is 15.1 Å². The number of rotatable bonds is 3. The molecule has 1 aliphatic rings. The largest absolute Gasteiger partial charge is 0.296 e. The minimum atomic E-state index is -0.137. The topological polar surface area (TPSA) is 67.8 Å². The molecule has 1 N–H and O–H groups in total. The van der Waals surface area contributed by atoms with Crippen molar-refractivity contribution in [3.8, 4) is 10.6 Å². The molecule has 0 unspecified atom stereocenters. The van der Waals surface area contributed by atoms with Gasteiger partial charge in [0.25, 0.3) is 5.91 Å². The van der Waals surface area contributed by atoms with Crippen LogP contribution in [-0.2, 0) is 12.8 Å². The van der Waals surface area contributed by atoms with E-state index >= 15 is 0 Å². The number of pyridine rings is 1. The van der Waals surface area contributed by atoms with Crippen LogP contribution in [0.15, 0.2) is 54.6 Å². The van der Waals surface area contributed by atoms with Crippen molar-refractivity contribution in [3.63, 3.8) is 0 Å². The monoisotopic (exact) mass is 372 g/mol. The van der Waals surface area contributed by atoms with E-state index in [1.54, 1.807) is 0 Å². The Morgan fingerprint density at radius 2 is 1.78 bits per heavy atom. The van der Waals surface area contributed by atoms with Crippen molar-refractivity contribution in [3.05, 3.63) is 71.4 Å². The molecule has 132 valence electrons. The molecule has 0 spiro atoms. The number of amides is 1. The van der Waals surface area contributed by atoms with Gasteiger partial charge in [0.1, 0.15) is 5.01 Å². The van der Waals surface area contributed by atoms with E-state index in [-0.39, 0.29) is 5.91 Å². The molecule has 5 rings (SSSR count). The summed E-state index contributed by atoms with van der Waals surface area (Å²) >= 11 is 1.38. The Hall–Kier alpha value is -3.12. The highest BCUT2D eigenvalue weighted by atomic mass is 32.1. The zero-order valence-electron chi connectivity index (χ0n) is 14.5. The van der Waals surface area contributed by atoms with Crippen molar-refractivity contribution in [2.45, 2.75) is 19.3 Å². The summed E-state index contributed by atoms with van der Waals surface area (Å²) in [4.78, 5) is 17.9. The molecule has 0 fully saturated rings. The van der Waals surface area contributed by atoms with Gasteiger partial charge >= 0.3 is 0 Å². The minimum absolute atomic E-state index is 0.137. The van der Waals surface area contributed by atoms with Gasteiger partial charge in [-0.25, -0.2) is 0 Å². The molecule has 6 heteroatoms. The molecule has 0 atom stereocenters. The van der Waals surface area contributed by atoms with Crippen LogP contribution in [0.1, 0.15) is 28.0 Å². The van der Waals surface area contributed by atoms with Gasteiger partial charge in [0.05, 0.1) is 11.1 Å². The molecule has 2 aromatic carbocycles. The van der Waals surface area contributed by atoms with Crippen LogP contribution in [0.2, 0.25) is 0 Å². The Morgan fingerprint density at radius 1 is 0.963 bits per heavy atom. The molecule has 0 radical (unpaired) electrons. The van der Waals surface area contributed by atoms with Crippen LogP contribution >= 0.6 is 11.3 Å². The minimum Gasteiger partial charge on any atom is -0.296 e. The van der Waals surface area contributed by atoms with E-state index in [1.165, 1.54) is 11.3 Å². The zero-order chi connectivity index (χ0) is 18.2. The molecule has 0 saturated heterocycles. The summed E-state index contributed by atoms with van der Waals surface area (Å²) in [5.41, 5.74) is 4.70. The lowest BCUT2D eigenvalue weighted by atomic mass is 10.0. The number of aryl methyl sites for hydroxylation is 1. The second-order valence-corrected chi connectivity index (χ2v) is 7.49. The van der Waals surface area contributed by atoms with Crippen LogP contribution < -0.4 is 5.32 Å². The van der Waals surface area contributed by atoms with Gasteiger partial charge in [-0.2, -0.15) is 0 Å². The summed E-state index contributed by atoms with van der Waals surface area (Å²) in [6.07, 6.45) is 2.86. The highest BCUT2D eigenvalue weighted by molar-refractivity contribution is 7.18. The molecule has 4 aromatic rings. The van der Waals surface area contributed by atoms with Crippen molar-refractivity contribution in [1.29, 1.82) is 0 Å². The SMILES string of the molecule is O=C(Nc1nnc(-c2ccccc2)s1)c1c2c(nc3ccccc13)CCC2. The van der Waals surface area contributed by atoms with E-state index in [0.717, 1.165) is 57.6 Å². The third kappa shape index (κ3) is 2.88. The number of carbonyl (C=O) groups excluding carboxylic acids is 1. The molecule has 2 heterocycles. The fourth-order valence-electron chi connectivity index (χ4n) is 3.60. The van der Waals surface area contributed by atoms with E-state index in [0.29, 0.717) is 5.13 Å². The van der Waals surface area contributed by atoms with Crippen LogP contribution in [0.25, 0.3) is 21.5 Å².